The average molecular weight is 278 g/mol. The van der Waals surface area contributed by atoms with Gasteiger partial charge in [-0.05, 0) is 26.3 Å². The number of carbonyl (C=O) groups is 2. The summed E-state index contributed by atoms with van der Waals surface area (Å²) in [6, 6.07) is 2.27. The molecule has 1 amide bonds. The molecule has 2 saturated heterocycles. The van der Waals surface area contributed by atoms with Crippen LogP contribution in [0.3, 0.4) is 0 Å². The number of hydrogen-bond donors (Lipinski definition) is 1. The third kappa shape index (κ3) is 2.20. The molecule has 3 heterocycles. The Morgan fingerprint density at radius 2 is 2.05 bits per heavy atom. The number of carboxylic acids is 1. The van der Waals surface area contributed by atoms with Gasteiger partial charge >= 0.3 is 5.97 Å². The van der Waals surface area contributed by atoms with E-state index in [1.807, 2.05) is 0 Å². The minimum Gasteiger partial charge on any atom is -0.478 e. The molecule has 0 spiro atoms. The molecule has 0 saturated carbocycles. The summed E-state index contributed by atoms with van der Waals surface area (Å²) in [6.07, 6.45) is 4.40. The molecular formula is C14H18N2O4. The third-order valence-electron chi connectivity index (χ3n) is 4.49. The highest BCUT2D eigenvalue weighted by Crippen LogP contribution is 2.29. The molecule has 0 aliphatic carbocycles. The van der Waals surface area contributed by atoms with Gasteiger partial charge < -0.3 is 14.4 Å². The van der Waals surface area contributed by atoms with Crippen molar-refractivity contribution in [1.29, 1.82) is 0 Å². The summed E-state index contributed by atoms with van der Waals surface area (Å²) in [5, 5.41) is 8.86. The van der Waals surface area contributed by atoms with E-state index in [1.54, 1.807) is 4.90 Å². The van der Waals surface area contributed by atoms with Crippen LogP contribution >= 0.6 is 0 Å². The van der Waals surface area contributed by atoms with Crippen molar-refractivity contribution in [2.24, 2.45) is 0 Å². The van der Waals surface area contributed by atoms with Gasteiger partial charge in [-0.1, -0.05) is 0 Å². The lowest BCUT2D eigenvalue weighted by Crippen LogP contribution is -2.39. The molecule has 2 bridgehead atoms. The first-order chi connectivity index (χ1) is 9.56. The van der Waals surface area contributed by atoms with Crippen molar-refractivity contribution < 1.29 is 19.1 Å². The van der Waals surface area contributed by atoms with Crippen molar-refractivity contribution in [3.63, 3.8) is 0 Å². The molecule has 2 atom stereocenters. The van der Waals surface area contributed by atoms with Crippen molar-refractivity contribution in [1.82, 2.24) is 9.80 Å². The Bertz CT molecular complexity index is 539. The maximum atomic E-state index is 12.4. The summed E-state index contributed by atoms with van der Waals surface area (Å²) in [7, 11) is 2.12. The van der Waals surface area contributed by atoms with Crippen molar-refractivity contribution in [2.75, 3.05) is 20.1 Å². The fourth-order valence-corrected chi connectivity index (χ4v) is 3.21. The molecule has 2 aliphatic heterocycles. The second-order valence-electron chi connectivity index (χ2n) is 5.60. The normalized spacial score (nSPS) is 26.6. The van der Waals surface area contributed by atoms with Crippen LogP contribution < -0.4 is 0 Å². The van der Waals surface area contributed by atoms with Crippen LogP contribution in [0.5, 0.6) is 0 Å². The van der Waals surface area contributed by atoms with Gasteiger partial charge in [-0.3, -0.25) is 9.69 Å². The lowest BCUT2D eigenvalue weighted by Gasteiger charge is -2.25. The van der Waals surface area contributed by atoms with Crippen LogP contribution in [0.2, 0.25) is 0 Å². The molecule has 0 radical (unpaired) electrons. The van der Waals surface area contributed by atoms with Gasteiger partial charge in [0.05, 0.1) is 5.56 Å². The van der Waals surface area contributed by atoms with E-state index in [9.17, 15) is 9.59 Å². The number of carbonyl (C=O) groups excluding carboxylic acids is 1. The highest BCUT2D eigenvalue weighted by Gasteiger charge is 2.36. The molecular weight excluding hydrogens is 260 g/mol. The van der Waals surface area contributed by atoms with Gasteiger partial charge in [0.25, 0.3) is 5.91 Å². The molecule has 2 unspecified atom stereocenters. The zero-order valence-electron chi connectivity index (χ0n) is 11.4. The summed E-state index contributed by atoms with van der Waals surface area (Å²) in [6.45, 7) is 1.39. The monoisotopic (exact) mass is 278 g/mol. The molecule has 20 heavy (non-hydrogen) atoms. The number of rotatable bonds is 2. The summed E-state index contributed by atoms with van der Waals surface area (Å²) in [5.74, 6) is -1.18. The molecule has 6 heteroatoms. The van der Waals surface area contributed by atoms with Crippen molar-refractivity contribution in [3.8, 4) is 0 Å². The van der Waals surface area contributed by atoms with Gasteiger partial charge in [-0.25, -0.2) is 4.79 Å². The molecule has 108 valence electrons. The Morgan fingerprint density at radius 1 is 1.30 bits per heavy atom. The number of furan rings is 1. The number of amides is 1. The maximum absolute atomic E-state index is 12.4. The van der Waals surface area contributed by atoms with E-state index >= 15 is 0 Å². The number of fused-ring (bicyclic) bond motifs is 2. The molecule has 6 nitrogen and oxygen atoms in total. The predicted molar refractivity (Wildman–Crippen MR) is 70.8 cm³/mol. The number of carboxylic acid groups (broad SMARTS) is 1. The van der Waals surface area contributed by atoms with Crippen LogP contribution in [-0.2, 0) is 0 Å². The average Bonchev–Trinajstić information content (AvgIpc) is 2.95. The summed E-state index contributed by atoms with van der Waals surface area (Å²) >= 11 is 0. The van der Waals surface area contributed by atoms with Crippen LogP contribution in [-0.4, -0.2) is 59.0 Å². The van der Waals surface area contributed by atoms with Crippen LogP contribution in [0.4, 0.5) is 0 Å². The van der Waals surface area contributed by atoms with Gasteiger partial charge in [0, 0.05) is 31.2 Å². The molecule has 2 aliphatic rings. The van der Waals surface area contributed by atoms with E-state index < -0.39 is 5.97 Å². The van der Waals surface area contributed by atoms with Gasteiger partial charge in [-0.15, -0.1) is 0 Å². The Hall–Kier alpha value is -1.82. The van der Waals surface area contributed by atoms with E-state index in [-0.39, 0.29) is 17.2 Å². The predicted octanol–water partition coefficient (Wildman–Crippen LogP) is 1.29. The number of hydrogen-bond acceptors (Lipinski definition) is 4. The van der Waals surface area contributed by atoms with E-state index in [1.165, 1.54) is 12.5 Å². The highest BCUT2D eigenvalue weighted by atomic mass is 16.4. The number of nitrogens with zero attached hydrogens (tertiary/aromatic N) is 2. The first kappa shape index (κ1) is 13.2. The quantitative estimate of drug-likeness (QED) is 0.882. The van der Waals surface area contributed by atoms with E-state index in [0.717, 1.165) is 19.1 Å². The molecule has 1 aromatic heterocycles. The fraction of sp³-hybridized carbons (Fsp3) is 0.571. The summed E-state index contributed by atoms with van der Waals surface area (Å²) in [5.41, 5.74) is 0.0156. The zero-order chi connectivity index (χ0) is 14.3. The first-order valence-corrected chi connectivity index (χ1v) is 6.89. The maximum Gasteiger partial charge on any atom is 0.338 e. The van der Waals surface area contributed by atoms with E-state index in [2.05, 4.69) is 11.9 Å². The standard InChI is InChI=1S/C14H18N2O4/c1-15-10-2-3-11(15)7-16(5-4-10)13(17)12-6-9(8-20-12)14(18)19/h6,8,10-11H,2-5,7H2,1H3,(H,18,19). The second-order valence-corrected chi connectivity index (χ2v) is 5.60. The lowest BCUT2D eigenvalue weighted by molar-refractivity contribution is 0.0691. The minimum atomic E-state index is -1.08. The Kier molecular flexibility index (Phi) is 3.25. The molecule has 0 aromatic carbocycles. The van der Waals surface area contributed by atoms with Crippen LogP contribution in [0, 0.1) is 0 Å². The van der Waals surface area contributed by atoms with Crippen LogP contribution in [0.1, 0.15) is 40.2 Å². The first-order valence-electron chi connectivity index (χ1n) is 6.89. The van der Waals surface area contributed by atoms with Gasteiger partial charge in [0.1, 0.15) is 6.26 Å². The van der Waals surface area contributed by atoms with Gasteiger partial charge in [-0.2, -0.15) is 0 Å². The fourth-order valence-electron chi connectivity index (χ4n) is 3.21. The third-order valence-corrected chi connectivity index (χ3v) is 4.49. The van der Waals surface area contributed by atoms with Crippen molar-refractivity contribution in [2.45, 2.75) is 31.3 Å². The minimum absolute atomic E-state index is 0.0156. The number of likely N-dealkylation sites (N-methyl/N-ethyl adjacent to an activating group) is 1. The Labute approximate surface area is 117 Å². The zero-order valence-corrected chi connectivity index (χ0v) is 11.4. The van der Waals surface area contributed by atoms with Crippen molar-refractivity contribution in [3.05, 3.63) is 23.7 Å². The van der Waals surface area contributed by atoms with Crippen LogP contribution in [0.15, 0.2) is 16.7 Å². The Balaban J connectivity index is 1.75. The SMILES string of the molecule is CN1C2CCC1CN(C(=O)c1cc(C(=O)O)co1)CC2. The molecule has 3 rings (SSSR count). The molecule has 1 aromatic rings. The lowest BCUT2D eigenvalue weighted by atomic mass is 10.1. The second kappa shape index (κ2) is 4.94. The van der Waals surface area contributed by atoms with Crippen LogP contribution in [0.25, 0.3) is 0 Å². The Morgan fingerprint density at radius 3 is 2.75 bits per heavy atom. The van der Waals surface area contributed by atoms with E-state index in [4.69, 9.17) is 9.52 Å². The topological polar surface area (TPSA) is 74.0 Å². The summed E-state index contributed by atoms with van der Waals surface area (Å²) < 4.78 is 5.10. The molecule has 2 fully saturated rings. The van der Waals surface area contributed by atoms with Gasteiger partial charge in [0.15, 0.2) is 5.76 Å². The van der Waals surface area contributed by atoms with E-state index in [0.29, 0.717) is 25.2 Å². The van der Waals surface area contributed by atoms with Crippen molar-refractivity contribution >= 4 is 11.9 Å². The van der Waals surface area contributed by atoms with Gasteiger partial charge in [0.2, 0.25) is 0 Å². The summed E-state index contributed by atoms with van der Waals surface area (Å²) in [4.78, 5) is 27.4. The number of aromatic carboxylic acids is 1. The highest BCUT2D eigenvalue weighted by molar-refractivity contribution is 5.95. The largest absolute Gasteiger partial charge is 0.478 e. The smallest absolute Gasteiger partial charge is 0.338 e. The number of likely N-dealkylation sites (tertiary alicyclic amines) is 1. The molecule has 1 N–H and O–H groups in total.